The third-order valence-electron chi connectivity index (χ3n) is 5.70. The van der Waals surface area contributed by atoms with Gasteiger partial charge in [0.05, 0.1) is 27.2 Å². The van der Waals surface area contributed by atoms with Crippen LogP contribution in [0.25, 0.3) is 0 Å². The molecule has 13 heteroatoms. The summed E-state index contributed by atoms with van der Waals surface area (Å²) in [6.07, 6.45) is 12.9. The van der Waals surface area contributed by atoms with Crippen LogP contribution >= 0.6 is 0 Å². The molecule has 2 saturated heterocycles. The molecule has 0 radical (unpaired) electrons. The molecular formula is C20H30Cr2N4O7. The number of likely N-dealkylation sites (tertiary alicyclic amines) is 2. The Morgan fingerprint density at radius 2 is 1.09 bits per heavy atom. The van der Waals surface area contributed by atoms with E-state index in [1.165, 1.54) is 49.9 Å². The number of rotatable bonds is 4. The Bertz CT molecular complexity index is 969. The predicted molar refractivity (Wildman–Crippen MR) is 99.8 cm³/mol. The van der Waals surface area contributed by atoms with Gasteiger partial charge in [0, 0.05) is 61.6 Å². The zero-order chi connectivity index (χ0) is 24.5. The molecule has 184 valence electrons. The van der Waals surface area contributed by atoms with E-state index in [2.05, 4.69) is 51.2 Å². The molecule has 2 aliphatic rings. The minimum atomic E-state index is -6.07. The summed E-state index contributed by atoms with van der Waals surface area (Å²) >= 11 is -12.1. The molecule has 2 aromatic heterocycles. The fraction of sp³-hybridized carbons (Fsp3) is 0.500. The van der Waals surface area contributed by atoms with Crippen LogP contribution in [-0.2, 0) is 45.3 Å². The predicted octanol–water partition coefficient (Wildman–Crippen LogP) is -2.06. The number of hydrogen-bond acceptors (Lipinski definition) is 9. The summed E-state index contributed by atoms with van der Waals surface area (Å²) in [5, 5.41) is 0. The maximum absolute atomic E-state index is 9.38. The van der Waals surface area contributed by atoms with Gasteiger partial charge in [-0.3, -0.25) is 9.97 Å². The van der Waals surface area contributed by atoms with E-state index >= 15 is 0 Å². The Labute approximate surface area is 198 Å². The number of nitrogens with one attached hydrogen (secondary N) is 2. The van der Waals surface area contributed by atoms with Gasteiger partial charge in [0.2, 0.25) is 0 Å². The number of quaternary nitrogens is 2. The molecule has 4 unspecified atom stereocenters. The molecule has 0 aliphatic carbocycles. The summed E-state index contributed by atoms with van der Waals surface area (Å²) < 4.78 is 58.9. The molecule has 2 N–H and O–H groups in total. The monoisotopic (exact) mass is 542 g/mol. The number of pyridine rings is 2. The minimum absolute atomic E-state index is 0.716. The molecule has 11 nitrogen and oxygen atoms in total. The SMILES string of the molecule is C[NH+]1CCCC1c1ccncc1.C[NH+]1CCCC1c1ccncc1.[O]=[Cr](=[O])([O-])[O][Cr](=[O])(=[O])[O-]. The van der Waals surface area contributed by atoms with Crippen molar-refractivity contribution in [3.05, 3.63) is 60.2 Å². The van der Waals surface area contributed by atoms with Crippen molar-refractivity contribution in [3.8, 4) is 0 Å². The summed E-state index contributed by atoms with van der Waals surface area (Å²) in [7, 11) is 4.55. The summed E-state index contributed by atoms with van der Waals surface area (Å²) in [4.78, 5) is 11.3. The van der Waals surface area contributed by atoms with Gasteiger partial charge in [0.15, 0.2) is 0 Å². The van der Waals surface area contributed by atoms with Crippen molar-refractivity contribution in [2.75, 3.05) is 27.2 Å². The molecule has 4 atom stereocenters. The van der Waals surface area contributed by atoms with Crippen molar-refractivity contribution >= 4 is 0 Å². The van der Waals surface area contributed by atoms with E-state index in [-0.39, 0.29) is 0 Å². The molecule has 2 fully saturated rings. The van der Waals surface area contributed by atoms with Crippen molar-refractivity contribution < 1.29 is 63.4 Å². The normalized spacial score (nSPS) is 24.8. The Morgan fingerprint density at radius 3 is 1.30 bits per heavy atom. The first-order valence-corrected chi connectivity index (χ1v) is 14.7. The average molecular weight is 542 g/mol. The van der Waals surface area contributed by atoms with Crippen LogP contribution in [0, 0.1) is 0 Å². The van der Waals surface area contributed by atoms with Gasteiger partial charge in [0.25, 0.3) is 0 Å². The first-order chi connectivity index (χ1) is 15.5. The Kier molecular flexibility index (Phi) is 10.6. The summed E-state index contributed by atoms with van der Waals surface area (Å²) in [6, 6.07) is 9.98. The molecule has 0 aromatic carbocycles. The molecular weight excluding hydrogens is 512 g/mol. The third-order valence-corrected chi connectivity index (χ3v) is 8.37. The Balaban J connectivity index is 0.000000178. The molecule has 4 rings (SSSR count). The zero-order valence-electron chi connectivity index (χ0n) is 18.6. The molecule has 4 heterocycles. The summed E-state index contributed by atoms with van der Waals surface area (Å²) in [5.41, 5.74) is 2.89. The second-order valence-corrected chi connectivity index (χ2v) is 11.7. The van der Waals surface area contributed by atoms with Crippen LogP contribution in [0.2, 0.25) is 0 Å². The fourth-order valence-electron chi connectivity index (χ4n) is 4.21. The van der Waals surface area contributed by atoms with E-state index in [0.29, 0.717) is 12.1 Å². The van der Waals surface area contributed by atoms with Crippen LogP contribution in [0.15, 0.2) is 49.1 Å². The van der Waals surface area contributed by atoms with Crippen molar-refractivity contribution in [3.63, 3.8) is 0 Å². The van der Waals surface area contributed by atoms with E-state index in [1.54, 1.807) is 9.80 Å². The fourth-order valence-corrected chi connectivity index (χ4v) is 5.84. The van der Waals surface area contributed by atoms with Crippen molar-refractivity contribution in [1.29, 1.82) is 0 Å². The number of aromatic nitrogens is 2. The summed E-state index contributed by atoms with van der Waals surface area (Å²) in [6.45, 7) is 2.62. The third kappa shape index (κ3) is 10.4. The maximum atomic E-state index is 9.38. The molecule has 0 spiro atoms. The second kappa shape index (κ2) is 12.7. The van der Waals surface area contributed by atoms with Gasteiger partial charge < -0.3 is 9.80 Å². The van der Waals surface area contributed by atoms with Gasteiger partial charge in [-0.15, -0.1) is 0 Å². The Morgan fingerprint density at radius 1 is 0.758 bits per heavy atom. The Hall–Kier alpha value is -1.64. The van der Waals surface area contributed by atoms with Crippen LogP contribution in [0.1, 0.15) is 48.9 Å². The van der Waals surface area contributed by atoms with Crippen molar-refractivity contribution in [1.82, 2.24) is 9.97 Å². The van der Waals surface area contributed by atoms with E-state index < -0.39 is 27.2 Å². The first kappa shape index (κ1) is 27.6. The average Bonchev–Trinajstić information content (AvgIpc) is 3.35. The second-order valence-electron chi connectivity index (χ2n) is 8.03. The zero-order valence-corrected chi connectivity index (χ0v) is 21.1. The van der Waals surface area contributed by atoms with Crippen LogP contribution in [0.4, 0.5) is 0 Å². The molecule has 2 aliphatic heterocycles. The number of hydrogen-bond donors (Lipinski definition) is 2. The van der Waals surface area contributed by atoms with Gasteiger partial charge >= 0.3 is 53.6 Å². The standard InChI is InChI=1S/2C10H14N2.2Cr.7O/c2*1-12-8-2-3-10(12)9-4-6-11-7-5-9;;;;;;;;;/h2*4-7,10H,2-3,8H2,1H3;;;;;;;;;/q;;;;;;;;;2*-1/p+2. The number of nitrogens with zero attached hydrogens (tertiary/aromatic N) is 2. The van der Waals surface area contributed by atoms with Crippen molar-refractivity contribution in [2.24, 2.45) is 0 Å². The molecule has 0 saturated carbocycles. The van der Waals surface area contributed by atoms with Gasteiger partial charge in [0.1, 0.15) is 12.1 Å². The quantitative estimate of drug-likeness (QED) is 0.443. The van der Waals surface area contributed by atoms with Gasteiger partial charge in [-0.2, -0.15) is 0 Å². The van der Waals surface area contributed by atoms with E-state index in [4.69, 9.17) is 0 Å². The van der Waals surface area contributed by atoms with Crippen LogP contribution in [0.5, 0.6) is 0 Å². The van der Waals surface area contributed by atoms with Gasteiger partial charge in [-0.1, -0.05) is 0 Å². The van der Waals surface area contributed by atoms with Gasteiger partial charge in [-0.05, 0) is 24.3 Å². The van der Waals surface area contributed by atoms with Crippen LogP contribution in [-0.4, -0.2) is 37.2 Å². The molecule has 2 aromatic rings. The molecule has 33 heavy (non-hydrogen) atoms. The topological polar surface area (TPSA) is 158 Å². The van der Waals surface area contributed by atoms with Crippen molar-refractivity contribution in [2.45, 2.75) is 37.8 Å². The van der Waals surface area contributed by atoms with Crippen LogP contribution in [0.3, 0.4) is 0 Å². The van der Waals surface area contributed by atoms with E-state index in [9.17, 15) is 23.5 Å². The van der Waals surface area contributed by atoms with E-state index in [0.717, 1.165) is 0 Å². The summed E-state index contributed by atoms with van der Waals surface area (Å²) in [5.74, 6) is 0. The van der Waals surface area contributed by atoms with Crippen LogP contribution < -0.4 is 18.1 Å². The van der Waals surface area contributed by atoms with E-state index in [1.807, 2.05) is 24.8 Å². The molecule has 0 bridgehead atoms. The first-order valence-electron chi connectivity index (χ1n) is 10.5. The van der Waals surface area contributed by atoms with Gasteiger partial charge in [-0.25, -0.2) is 0 Å². The molecule has 0 amide bonds.